The van der Waals surface area contributed by atoms with Crippen LogP contribution in [-0.2, 0) is 10.8 Å². The van der Waals surface area contributed by atoms with Crippen LogP contribution in [-0.4, -0.2) is 21.9 Å². The molecule has 2 rings (SSSR count). The van der Waals surface area contributed by atoms with Gasteiger partial charge >= 0.3 is 0 Å². The highest BCUT2D eigenvalue weighted by atomic mass is 28.4. The molecule has 1 aliphatic rings. The minimum atomic E-state index is -1.70. The zero-order chi connectivity index (χ0) is 13.3. The Labute approximate surface area is 110 Å². The number of nitrogens with zero attached hydrogens (tertiary/aromatic N) is 2. The van der Waals surface area contributed by atoms with Gasteiger partial charge in [0.2, 0.25) is 0 Å². The molecule has 1 heterocycles. The van der Waals surface area contributed by atoms with E-state index in [0.29, 0.717) is 0 Å². The smallest absolute Gasteiger partial charge is 0.186 e. The first-order valence-electron chi connectivity index (χ1n) is 6.32. The third-order valence-corrected chi connectivity index (χ3v) is 4.07. The summed E-state index contributed by atoms with van der Waals surface area (Å²) in [5, 5.41) is 9.28. The quantitative estimate of drug-likeness (QED) is 0.784. The summed E-state index contributed by atoms with van der Waals surface area (Å²) in [7, 11) is 0.407. The van der Waals surface area contributed by atoms with Crippen molar-refractivity contribution in [3.05, 3.63) is 29.3 Å². The molecule has 0 bridgehead atoms. The van der Waals surface area contributed by atoms with Crippen LogP contribution in [0.2, 0.25) is 19.6 Å². The molecular formula is C14H20N2OSi. The molecule has 1 aliphatic heterocycles. The average Bonchev–Trinajstić information content (AvgIpc) is 2.66. The topological polar surface area (TPSA) is 36.3 Å². The van der Waals surface area contributed by atoms with E-state index in [0.717, 1.165) is 18.5 Å². The molecule has 0 fully saturated rings. The second kappa shape index (κ2) is 4.75. The summed E-state index contributed by atoms with van der Waals surface area (Å²) in [5.41, 5.74) is 3.60. The van der Waals surface area contributed by atoms with Gasteiger partial charge in [-0.05, 0) is 43.3 Å². The van der Waals surface area contributed by atoms with Crippen LogP contribution in [0.25, 0.3) is 0 Å². The normalized spacial score (nSPS) is 16.3. The van der Waals surface area contributed by atoms with Crippen LogP contribution in [0.3, 0.4) is 0 Å². The first-order chi connectivity index (χ1) is 8.40. The predicted molar refractivity (Wildman–Crippen MR) is 76.2 cm³/mol. The minimum Gasteiger partial charge on any atom is -0.399 e. The average molecular weight is 260 g/mol. The highest BCUT2D eigenvalue weighted by molar-refractivity contribution is 6.69. The van der Waals surface area contributed by atoms with Gasteiger partial charge in [0.1, 0.15) is 0 Å². The van der Waals surface area contributed by atoms with Crippen LogP contribution < -0.4 is 4.90 Å². The van der Waals surface area contributed by atoms with Crippen molar-refractivity contribution in [1.29, 1.82) is 5.26 Å². The summed E-state index contributed by atoms with van der Waals surface area (Å²) < 4.78 is 5.92. The molecule has 4 heteroatoms. The monoisotopic (exact) mass is 260 g/mol. The zero-order valence-corrected chi connectivity index (χ0v) is 12.5. The summed E-state index contributed by atoms with van der Waals surface area (Å²) in [6.07, 6.45) is 0.637. The van der Waals surface area contributed by atoms with Crippen LogP contribution in [0, 0.1) is 11.3 Å². The molecule has 0 aromatic heterocycles. The van der Waals surface area contributed by atoms with Gasteiger partial charge in [-0.1, -0.05) is 12.1 Å². The van der Waals surface area contributed by atoms with E-state index in [1.54, 1.807) is 0 Å². The van der Waals surface area contributed by atoms with E-state index in [-0.39, 0.29) is 0 Å². The third kappa shape index (κ3) is 2.74. The fourth-order valence-electron chi connectivity index (χ4n) is 2.27. The van der Waals surface area contributed by atoms with E-state index in [1.807, 2.05) is 6.07 Å². The lowest BCUT2D eigenvalue weighted by atomic mass is 10.1. The number of hydrogen-bond acceptors (Lipinski definition) is 3. The van der Waals surface area contributed by atoms with Gasteiger partial charge in [-0.2, -0.15) is 5.26 Å². The number of anilines is 1. The maximum Gasteiger partial charge on any atom is 0.186 e. The molecular weight excluding hydrogens is 240 g/mol. The Morgan fingerprint density at radius 2 is 2.11 bits per heavy atom. The maximum absolute atomic E-state index is 9.28. The number of benzene rings is 1. The molecule has 18 heavy (non-hydrogen) atoms. The Morgan fingerprint density at radius 3 is 2.72 bits per heavy atom. The number of hydrogen-bond donors (Lipinski definition) is 0. The molecule has 1 aromatic rings. The van der Waals surface area contributed by atoms with Gasteiger partial charge in [0, 0.05) is 19.3 Å². The van der Waals surface area contributed by atoms with E-state index in [9.17, 15) is 5.26 Å². The molecule has 0 N–H and O–H groups in total. The number of rotatable bonds is 3. The number of nitriles is 1. The fraction of sp³-hybridized carbons (Fsp3) is 0.500. The van der Waals surface area contributed by atoms with Gasteiger partial charge in [0.25, 0.3) is 0 Å². The van der Waals surface area contributed by atoms with Gasteiger partial charge in [0.15, 0.2) is 14.4 Å². The lowest BCUT2D eigenvalue weighted by molar-refractivity contribution is 0.255. The van der Waals surface area contributed by atoms with Crippen molar-refractivity contribution in [1.82, 2.24) is 0 Å². The fourth-order valence-corrected chi connectivity index (χ4v) is 3.17. The van der Waals surface area contributed by atoms with Crippen molar-refractivity contribution in [3.63, 3.8) is 0 Å². The van der Waals surface area contributed by atoms with Crippen LogP contribution in [0.5, 0.6) is 0 Å². The summed E-state index contributed by atoms with van der Waals surface area (Å²) in [6, 6.07) is 8.54. The Hall–Kier alpha value is -1.31. The summed E-state index contributed by atoms with van der Waals surface area (Å²) in [4.78, 5) is 2.25. The van der Waals surface area contributed by atoms with Gasteiger partial charge in [-0.15, -0.1) is 0 Å². The Bertz CT molecular complexity index is 488. The standard InChI is InChI=1S/C14H20N2OSi/c1-16-8-7-11-9-12(5-6-13(11)16)14(10-15)17-18(2,3)4/h5-6,9,14H,7-8H2,1-4H3. The third-order valence-electron chi connectivity index (χ3n) is 3.12. The van der Waals surface area contributed by atoms with Crippen LogP contribution in [0.1, 0.15) is 17.2 Å². The molecule has 0 saturated carbocycles. The van der Waals surface area contributed by atoms with Crippen LogP contribution >= 0.6 is 0 Å². The first-order valence-corrected chi connectivity index (χ1v) is 9.73. The SMILES string of the molecule is CN1CCc2cc(C(C#N)O[Si](C)(C)C)ccc21. The van der Waals surface area contributed by atoms with E-state index in [4.69, 9.17) is 4.43 Å². The molecule has 0 saturated heterocycles. The Balaban J connectivity index is 2.26. The van der Waals surface area contributed by atoms with E-state index in [1.165, 1.54) is 11.3 Å². The van der Waals surface area contributed by atoms with Crippen molar-refractivity contribution >= 4 is 14.0 Å². The summed E-state index contributed by atoms with van der Waals surface area (Å²) >= 11 is 0. The highest BCUT2D eigenvalue weighted by Gasteiger charge is 2.24. The molecule has 1 aromatic carbocycles. The number of fused-ring (bicyclic) bond motifs is 1. The molecule has 0 amide bonds. The summed E-state index contributed by atoms with van der Waals surface area (Å²) in [6.45, 7) is 7.39. The van der Waals surface area contributed by atoms with E-state index >= 15 is 0 Å². The maximum atomic E-state index is 9.28. The number of likely N-dealkylation sites (N-methyl/N-ethyl adjacent to an activating group) is 1. The van der Waals surface area contributed by atoms with Gasteiger partial charge in [0.05, 0.1) is 6.07 Å². The van der Waals surface area contributed by atoms with Crippen molar-refractivity contribution in [2.24, 2.45) is 0 Å². The van der Waals surface area contributed by atoms with Crippen molar-refractivity contribution in [2.45, 2.75) is 32.2 Å². The second-order valence-corrected chi connectivity index (χ2v) is 10.3. The van der Waals surface area contributed by atoms with Crippen LogP contribution in [0.15, 0.2) is 18.2 Å². The van der Waals surface area contributed by atoms with E-state index in [2.05, 4.69) is 49.8 Å². The zero-order valence-electron chi connectivity index (χ0n) is 11.5. The molecule has 0 spiro atoms. The molecule has 0 radical (unpaired) electrons. The van der Waals surface area contributed by atoms with Gasteiger partial charge in [-0.3, -0.25) is 0 Å². The van der Waals surface area contributed by atoms with Crippen LogP contribution in [0.4, 0.5) is 5.69 Å². The largest absolute Gasteiger partial charge is 0.399 e. The molecule has 96 valence electrons. The van der Waals surface area contributed by atoms with Crippen molar-refractivity contribution in [2.75, 3.05) is 18.5 Å². The van der Waals surface area contributed by atoms with Gasteiger partial charge in [-0.25, -0.2) is 0 Å². The molecule has 0 aliphatic carbocycles. The highest BCUT2D eigenvalue weighted by Crippen LogP contribution is 2.31. The molecule has 1 atom stereocenters. The summed E-state index contributed by atoms with van der Waals surface area (Å²) in [5.74, 6) is 0. The minimum absolute atomic E-state index is 0.423. The lowest BCUT2D eigenvalue weighted by Gasteiger charge is -2.22. The Morgan fingerprint density at radius 1 is 1.39 bits per heavy atom. The van der Waals surface area contributed by atoms with Crippen molar-refractivity contribution < 1.29 is 4.43 Å². The Kier molecular flexibility index (Phi) is 3.46. The molecule has 1 unspecified atom stereocenters. The van der Waals surface area contributed by atoms with Gasteiger partial charge < -0.3 is 9.33 Å². The van der Waals surface area contributed by atoms with Crippen molar-refractivity contribution in [3.8, 4) is 6.07 Å². The molecule has 3 nitrogen and oxygen atoms in total. The predicted octanol–water partition coefficient (Wildman–Crippen LogP) is 3.10. The lowest BCUT2D eigenvalue weighted by Crippen LogP contribution is -2.27. The second-order valence-electron chi connectivity index (χ2n) is 5.80. The van der Waals surface area contributed by atoms with E-state index < -0.39 is 14.4 Å². The first kappa shape index (κ1) is 13.1.